The minimum Gasteiger partial charge on any atom is -0.503 e. The van der Waals surface area contributed by atoms with Gasteiger partial charge in [-0.25, -0.2) is 0 Å². The fourth-order valence-corrected chi connectivity index (χ4v) is 1.67. The van der Waals surface area contributed by atoms with Crippen molar-refractivity contribution >= 4 is 15.9 Å². The Hall–Kier alpha value is -1.43. The highest BCUT2D eigenvalue weighted by atomic mass is 79.9. The minimum absolute atomic E-state index is 0.0381. The van der Waals surface area contributed by atoms with Crippen molar-refractivity contribution in [1.82, 2.24) is 0 Å². The molecule has 1 unspecified atom stereocenters. The van der Waals surface area contributed by atoms with Crippen LogP contribution >= 0.6 is 15.9 Å². The van der Waals surface area contributed by atoms with Gasteiger partial charge in [-0.2, -0.15) is 0 Å². The normalized spacial score (nSPS) is 11.7. The summed E-state index contributed by atoms with van der Waals surface area (Å²) in [5, 5.41) is 22.1. The lowest BCUT2D eigenvalue weighted by Gasteiger charge is -2.12. The van der Waals surface area contributed by atoms with Gasteiger partial charge in [0.05, 0.1) is 24.2 Å². The molecule has 0 heterocycles. The Morgan fingerprint density at radius 3 is 2.81 bits per heavy atom. The van der Waals surface area contributed by atoms with Gasteiger partial charge in [0.2, 0.25) is 0 Å². The molecule has 0 radical (unpaired) electrons. The number of hydrogen-bond donors (Lipinski definition) is 2. The van der Waals surface area contributed by atoms with Gasteiger partial charge >= 0.3 is 0 Å². The van der Waals surface area contributed by atoms with E-state index in [0.717, 1.165) is 0 Å². The third kappa shape index (κ3) is 2.57. The van der Waals surface area contributed by atoms with Gasteiger partial charge in [0.25, 0.3) is 0 Å². The van der Waals surface area contributed by atoms with Crippen molar-refractivity contribution in [3.05, 3.63) is 32.6 Å². The SMILES string of the molecule is COc1cc(C(CO)N=[N+]=[N-])cc(Br)c1O. The number of aromatic hydroxyl groups is 1. The molecule has 1 aromatic rings. The Morgan fingerprint density at radius 2 is 2.31 bits per heavy atom. The molecule has 1 aromatic carbocycles. The molecule has 0 saturated carbocycles. The fraction of sp³-hybridized carbons (Fsp3) is 0.333. The second-order valence-corrected chi connectivity index (χ2v) is 3.81. The van der Waals surface area contributed by atoms with Gasteiger partial charge in [0.15, 0.2) is 11.5 Å². The van der Waals surface area contributed by atoms with Crippen LogP contribution in [0.25, 0.3) is 10.4 Å². The average molecular weight is 288 g/mol. The third-order valence-corrected chi connectivity index (χ3v) is 2.62. The lowest BCUT2D eigenvalue weighted by atomic mass is 10.1. The molecule has 16 heavy (non-hydrogen) atoms. The van der Waals surface area contributed by atoms with Crippen molar-refractivity contribution < 1.29 is 14.9 Å². The van der Waals surface area contributed by atoms with Crippen LogP contribution in [0.4, 0.5) is 0 Å². The summed E-state index contributed by atoms with van der Waals surface area (Å²) in [4.78, 5) is 2.64. The molecule has 0 aromatic heterocycles. The highest BCUT2D eigenvalue weighted by Crippen LogP contribution is 2.37. The molecular formula is C9H10BrN3O3. The number of phenolic OH excluding ortho intramolecular Hbond substituents is 1. The standard InChI is InChI=1S/C9H10BrN3O3/c1-16-8-3-5(2-6(10)9(8)15)7(4-14)12-13-11/h2-3,7,14-15H,4H2,1H3. The Kier molecular flexibility index (Phi) is 4.42. The van der Waals surface area contributed by atoms with Crippen molar-refractivity contribution in [1.29, 1.82) is 0 Å². The van der Waals surface area contributed by atoms with E-state index < -0.39 is 6.04 Å². The number of azide groups is 1. The van der Waals surface area contributed by atoms with Gasteiger partial charge < -0.3 is 14.9 Å². The van der Waals surface area contributed by atoms with E-state index in [2.05, 4.69) is 26.0 Å². The first kappa shape index (κ1) is 12.6. The van der Waals surface area contributed by atoms with Crippen molar-refractivity contribution in [3.63, 3.8) is 0 Å². The molecule has 0 bridgehead atoms. The van der Waals surface area contributed by atoms with E-state index in [4.69, 9.17) is 15.4 Å². The van der Waals surface area contributed by atoms with E-state index in [1.807, 2.05) is 0 Å². The van der Waals surface area contributed by atoms with E-state index in [9.17, 15) is 5.11 Å². The number of aliphatic hydroxyl groups is 1. The van der Waals surface area contributed by atoms with Crippen LogP contribution in [0.3, 0.4) is 0 Å². The molecule has 0 aliphatic carbocycles. The van der Waals surface area contributed by atoms with Crippen LogP contribution in [-0.2, 0) is 0 Å². The summed E-state index contributed by atoms with van der Waals surface area (Å²) in [7, 11) is 1.41. The maximum Gasteiger partial charge on any atom is 0.172 e. The molecule has 0 saturated heterocycles. The van der Waals surface area contributed by atoms with Gasteiger partial charge in [-0.05, 0) is 39.2 Å². The van der Waals surface area contributed by atoms with Crippen molar-refractivity contribution in [3.8, 4) is 11.5 Å². The molecule has 86 valence electrons. The zero-order chi connectivity index (χ0) is 12.1. The summed E-state index contributed by atoms with van der Waals surface area (Å²) in [5.41, 5.74) is 8.89. The maximum absolute atomic E-state index is 9.57. The molecule has 6 nitrogen and oxygen atoms in total. The second kappa shape index (κ2) is 5.60. The van der Waals surface area contributed by atoms with Gasteiger partial charge in [0.1, 0.15) is 0 Å². The minimum atomic E-state index is -0.698. The number of halogens is 1. The van der Waals surface area contributed by atoms with Crippen molar-refractivity contribution in [2.75, 3.05) is 13.7 Å². The summed E-state index contributed by atoms with van der Waals surface area (Å²) in [5.74, 6) is 0.208. The summed E-state index contributed by atoms with van der Waals surface area (Å²) in [6, 6.07) is 2.37. The zero-order valence-corrected chi connectivity index (χ0v) is 10.0. The van der Waals surface area contributed by atoms with Crippen LogP contribution in [0.15, 0.2) is 21.7 Å². The van der Waals surface area contributed by atoms with E-state index >= 15 is 0 Å². The van der Waals surface area contributed by atoms with E-state index in [-0.39, 0.29) is 18.1 Å². The fourth-order valence-electron chi connectivity index (χ4n) is 1.21. The van der Waals surface area contributed by atoms with Gasteiger partial charge in [-0.15, -0.1) is 0 Å². The Bertz CT molecular complexity index is 432. The van der Waals surface area contributed by atoms with Crippen LogP contribution in [0.5, 0.6) is 11.5 Å². The maximum atomic E-state index is 9.57. The van der Waals surface area contributed by atoms with Crippen LogP contribution in [0.2, 0.25) is 0 Å². The number of ether oxygens (including phenoxy) is 1. The first-order valence-corrected chi connectivity index (χ1v) is 5.14. The van der Waals surface area contributed by atoms with Crippen LogP contribution in [-0.4, -0.2) is 23.9 Å². The topological polar surface area (TPSA) is 98.5 Å². The molecule has 0 spiro atoms. The first-order valence-electron chi connectivity index (χ1n) is 4.35. The monoisotopic (exact) mass is 287 g/mol. The van der Waals surface area contributed by atoms with Crippen molar-refractivity contribution in [2.45, 2.75) is 6.04 Å². The van der Waals surface area contributed by atoms with Gasteiger partial charge in [-0.1, -0.05) is 5.11 Å². The molecule has 0 aliphatic rings. The highest BCUT2D eigenvalue weighted by molar-refractivity contribution is 9.10. The predicted molar refractivity (Wildman–Crippen MR) is 61.3 cm³/mol. The van der Waals surface area contributed by atoms with Crippen molar-refractivity contribution in [2.24, 2.45) is 5.11 Å². The summed E-state index contributed by atoms with van der Waals surface area (Å²) in [6.45, 7) is -0.315. The molecular weight excluding hydrogens is 278 g/mol. The van der Waals surface area contributed by atoms with E-state index in [0.29, 0.717) is 10.0 Å². The molecule has 7 heteroatoms. The molecule has 0 aliphatic heterocycles. The Balaban J connectivity index is 3.23. The van der Waals surface area contributed by atoms with Gasteiger partial charge in [-0.3, -0.25) is 0 Å². The Labute approximate surface area is 100 Å². The van der Waals surface area contributed by atoms with Crippen LogP contribution in [0.1, 0.15) is 11.6 Å². The largest absolute Gasteiger partial charge is 0.503 e. The quantitative estimate of drug-likeness (QED) is 0.506. The summed E-state index contributed by atoms with van der Waals surface area (Å²) >= 11 is 3.14. The Morgan fingerprint density at radius 1 is 1.62 bits per heavy atom. The van der Waals surface area contributed by atoms with E-state index in [1.165, 1.54) is 13.2 Å². The smallest absolute Gasteiger partial charge is 0.172 e. The highest BCUT2D eigenvalue weighted by Gasteiger charge is 2.14. The average Bonchev–Trinajstić information content (AvgIpc) is 2.29. The number of benzene rings is 1. The number of nitrogens with zero attached hydrogens (tertiary/aromatic N) is 3. The molecule has 2 N–H and O–H groups in total. The first-order chi connectivity index (χ1) is 7.63. The molecule has 1 rings (SSSR count). The molecule has 1 atom stereocenters. The number of phenols is 1. The van der Waals surface area contributed by atoms with Gasteiger partial charge in [0, 0.05) is 4.91 Å². The third-order valence-electron chi connectivity index (χ3n) is 2.02. The van der Waals surface area contributed by atoms with E-state index in [1.54, 1.807) is 6.07 Å². The van der Waals surface area contributed by atoms with Crippen LogP contribution < -0.4 is 4.74 Å². The number of rotatable bonds is 4. The molecule has 0 amide bonds. The summed E-state index contributed by atoms with van der Waals surface area (Å²) < 4.78 is 5.35. The lowest BCUT2D eigenvalue weighted by Crippen LogP contribution is -2.00. The molecule has 0 fully saturated rings. The number of hydrogen-bond acceptors (Lipinski definition) is 4. The lowest BCUT2D eigenvalue weighted by molar-refractivity contribution is 0.267. The zero-order valence-electron chi connectivity index (χ0n) is 8.46. The predicted octanol–water partition coefficient (Wildman–Crippen LogP) is 2.51. The second-order valence-electron chi connectivity index (χ2n) is 2.96. The number of aliphatic hydroxyl groups excluding tert-OH is 1. The summed E-state index contributed by atoms with van der Waals surface area (Å²) in [6.07, 6.45) is 0. The number of methoxy groups -OCH3 is 1. The van der Waals surface area contributed by atoms with Crippen LogP contribution in [0, 0.1) is 0 Å².